The van der Waals surface area contributed by atoms with Crippen LogP contribution in [0.15, 0.2) is 45.8 Å². The van der Waals surface area contributed by atoms with Gasteiger partial charge in [-0.05, 0) is 64.2 Å². The molecule has 2 fully saturated rings. The Balaban J connectivity index is 1.56. The van der Waals surface area contributed by atoms with Crippen LogP contribution in [0.25, 0.3) is 0 Å². The molecule has 1 aromatic heterocycles. The molecule has 1 aliphatic heterocycles. The minimum atomic E-state index is -4.25. The maximum Gasteiger partial charge on any atom is 0.344 e. The quantitative estimate of drug-likeness (QED) is 0.302. The van der Waals surface area contributed by atoms with Gasteiger partial charge in [0.1, 0.15) is 28.5 Å². The number of nitrogens with zero attached hydrogens (tertiary/aromatic N) is 1. The summed E-state index contributed by atoms with van der Waals surface area (Å²) in [7, 11) is -1.03. The van der Waals surface area contributed by atoms with E-state index in [9.17, 15) is 8.42 Å². The second kappa shape index (κ2) is 10.0. The molecule has 2 atom stereocenters. The summed E-state index contributed by atoms with van der Waals surface area (Å²) in [5, 5.41) is 3.84. The molecule has 1 spiro atoms. The van der Waals surface area contributed by atoms with Crippen LogP contribution in [0.4, 0.5) is 0 Å². The van der Waals surface area contributed by atoms with Gasteiger partial charge in [0.15, 0.2) is 16.4 Å². The number of hydrogen-bond donors (Lipinski definition) is 0. The maximum atomic E-state index is 13.7. The molecule has 3 aromatic rings. The standard InChI is InChI=1S/C31H37NO7S/c1-20-29(21(2)38-32-20)40(33,34)39-27-19-23(36-4)12-14-25(27)31-17-9-6-10-28(31)30(15-7-5-8-16-30)24-13-11-22(35-3)18-26(24)37-31/h11-14,18-19,28H,5-10,15-17H2,1-4H3/t28-,31+/m1/s1. The molecular weight excluding hydrogens is 530 g/mol. The van der Waals surface area contributed by atoms with Crippen molar-refractivity contribution in [3.63, 3.8) is 0 Å². The van der Waals surface area contributed by atoms with Crippen molar-refractivity contribution >= 4 is 10.1 Å². The number of ether oxygens (including phenoxy) is 3. The van der Waals surface area contributed by atoms with Gasteiger partial charge < -0.3 is 22.9 Å². The van der Waals surface area contributed by atoms with Crippen LogP contribution in [0.2, 0.25) is 0 Å². The highest BCUT2D eigenvalue weighted by atomic mass is 32.2. The summed E-state index contributed by atoms with van der Waals surface area (Å²) in [5.74, 6) is 2.61. The van der Waals surface area contributed by atoms with Gasteiger partial charge in [-0.25, -0.2) is 0 Å². The Morgan fingerprint density at radius 3 is 2.23 bits per heavy atom. The van der Waals surface area contributed by atoms with Crippen molar-refractivity contribution in [2.45, 2.75) is 87.5 Å². The lowest BCUT2D eigenvalue weighted by Crippen LogP contribution is -2.57. The number of methoxy groups -OCH3 is 2. The molecule has 3 aliphatic rings. The first-order valence-electron chi connectivity index (χ1n) is 14.2. The predicted molar refractivity (Wildman–Crippen MR) is 149 cm³/mol. The normalized spacial score (nSPS) is 23.6. The van der Waals surface area contributed by atoms with E-state index in [-0.39, 0.29) is 33.4 Å². The van der Waals surface area contributed by atoms with E-state index < -0.39 is 15.7 Å². The Kier molecular flexibility index (Phi) is 6.76. The third kappa shape index (κ3) is 4.16. The van der Waals surface area contributed by atoms with Gasteiger partial charge in [-0.1, -0.05) is 36.9 Å². The average molecular weight is 568 g/mol. The first-order chi connectivity index (χ1) is 19.2. The molecule has 40 heavy (non-hydrogen) atoms. The highest BCUT2D eigenvalue weighted by Gasteiger charge is 2.60. The fourth-order valence-electron chi connectivity index (χ4n) is 7.71. The van der Waals surface area contributed by atoms with E-state index in [1.54, 1.807) is 34.1 Å². The molecule has 0 N–H and O–H groups in total. The lowest BCUT2D eigenvalue weighted by Gasteiger charge is -2.58. The molecule has 0 unspecified atom stereocenters. The molecule has 2 aliphatic carbocycles. The zero-order valence-electron chi connectivity index (χ0n) is 23.6. The van der Waals surface area contributed by atoms with Crippen molar-refractivity contribution in [2.75, 3.05) is 14.2 Å². The van der Waals surface area contributed by atoms with E-state index in [1.165, 1.54) is 12.0 Å². The first kappa shape index (κ1) is 27.0. The molecule has 2 aromatic carbocycles. The topological polar surface area (TPSA) is 97.1 Å². The Hall–Kier alpha value is -3.20. The van der Waals surface area contributed by atoms with Crippen LogP contribution in [-0.4, -0.2) is 27.8 Å². The Labute approximate surface area is 236 Å². The summed E-state index contributed by atoms with van der Waals surface area (Å²) in [6, 6.07) is 11.7. The summed E-state index contributed by atoms with van der Waals surface area (Å²) in [4.78, 5) is -0.0534. The summed E-state index contributed by atoms with van der Waals surface area (Å²) >= 11 is 0. The number of fused-ring (bicyclic) bond motifs is 4. The van der Waals surface area contributed by atoms with Crippen LogP contribution in [0.5, 0.6) is 23.0 Å². The predicted octanol–water partition coefficient (Wildman–Crippen LogP) is 6.76. The zero-order chi connectivity index (χ0) is 28.1. The van der Waals surface area contributed by atoms with Crippen molar-refractivity contribution in [1.29, 1.82) is 0 Å². The molecule has 0 amide bonds. The lowest BCUT2D eigenvalue weighted by atomic mass is 9.51. The van der Waals surface area contributed by atoms with Crippen molar-refractivity contribution in [2.24, 2.45) is 5.92 Å². The van der Waals surface area contributed by atoms with Crippen LogP contribution >= 0.6 is 0 Å². The largest absolute Gasteiger partial charge is 0.497 e. The molecule has 214 valence electrons. The minimum Gasteiger partial charge on any atom is -0.497 e. The molecule has 0 saturated heterocycles. The third-order valence-corrected chi connectivity index (χ3v) is 10.8. The molecular formula is C31H37NO7S. The Bertz CT molecular complexity index is 1500. The van der Waals surface area contributed by atoms with Gasteiger partial charge in [-0.3, -0.25) is 0 Å². The highest BCUT2D eigenvalue weighted by Crippen LogP contribution is 2.64. The number of rotatable bonds is 6. The second-order valence-corrected chi connectivity index (χ2v) is 12.9. The fourth-order valence-corrected chi connectivity index (χ4v) is 8.96. The van der Waals surface area contributed by atoms with E-state index in [2.05, 4.69) is 11.2 Å². The zero-order valence-corrected chi connectivity index (χ0v) is 24.4. The first-order valence-corrected chi connectivity index (χ1v) is 15.6. The summed E-state index contributed by atoms with van der Waals surface area (Å²) in [6.45, 7) is 3.16. The fraction of sp³-hybridized carbons (Fsp3) is 0.516. The van der Waals surface area contributed by atoms with Crippen molar-refractivity contribution in [3.8, 4) is 23.0 Å². The summed E-state index contributed by atoms with van der Waals surface area (Å²) in [6.07, 6.45) is 9.51. The lowest BCUT2D eigenvalue weighted by molar-refractivity contribution is -0.0956. The number of hydrogen-bond acceptors (Lipinski definition) is 8. The highest BCUT2D eigenvalue weighted by molar-refractivity contribution is 7.87. The molecule has 0 bridgehead atoms. The smallest absolute Gasteiger partial charge is 0.344 e. The summed E-state index contributed by atoms with van der Waals surface area (Å²) < 4.78 is 56.7. The van der Waals surface area contributed by atoms with Gasteiger partial charge in [0, 0.05) is 34.6 Å². The third-order valence-electron chi connectivity index (χ3n) is 9.35. The number of aryl methyl sites for hydroxylation is 2. The van der Waals surface area contributed by atoms with E-state index >= 15 is 0 Å². The monoisotopic (exact) mass is 567 g/mol. The van der Waals surface area contributed by atoms with E-state index in [0.717, 1.165) is 68.4 Å². The second-order valence-electron chi connectivity index (χ2n) is 11.4. The molecule has 9 heteroatoms. The SMILES string of the molecule is COc1ccc2c(c1)O[C@]1(c3ccc(OC)cc3OS(=O)(=O)c3c(C)noc3C)CCCC[C@@H]1C21CCCCC1. The molecule has 6 rings (SSSR count). The van der Waals surface area contributed by atoms with E-state index in [4.69, 9.17) is 22.9 Å². The van der Waals surface area contributed by atoms with Crippen molar-refractivity contribution in [3.05, 3.63) is 59.0 Å². The summed E-state index contributed by atoms with van der Waals surface area (Å²) in [5.41, 5.74) is 1.38. The van der Waals surface area contributed by atoms with Crippen molar-refractivity contribution in [1.82, 2.24) is 5.16 Å². The molecule has 2 saturated carbocycles. The Morgan fingerprint density at radius 2 is 1.55 bits per heavy atom. The van der Waals surface area contributed by atoms with Crippen LogP contribution in [0, 0.1) is 19.8 Å². The van der Waals surface area contributed by atoms with Gasteiger partial charge in [-0.15, -0.1) is 0 Å². The average Bonchev–Trinajstić information content (AvgIpc) is 3.31. The minimum absolute atomic E-state index is 0.0534. The number of benzene rings is 2. The van der Waals surface area contributed by atoms with E-state index in [1.807, 2.05) is 24.3 Å². The van der Waals surface area contributed by atoms with Gasteiger partial charge in [0.25, 0.3) is 0 Å². The Morgan fingerprint density at radius 1 is 0.875 bits per heavy atom. The number of aromatic nitrogens is 1. The van der Waals surface area contributed by atoms with Crippen LogP contribution in [0.1, 0.15) is 80.4 Å². The molecule has 0 radical (unpaired) electrons. The molecule has 2 heterocycles. The van der Waals surface area contributed by atoms with E-state index in [0.29, 0.717) is 5.75 Å². The van der Waals surface area contributed by atoms with Crippen LogP contribution in [-0.2, 0) is 21.1 Å². The maximum absolute atomic E-state index is 13.7. The van der Waals surface area contributed by atoms with Gasteiger partial charge in [-0.2, -0.15) is 8.42 Å². The van der Waals surface area contributed by atoms with Crippen molar-refractivity contribution < 1.29 is 31.3 Å². The van der Waals surface area contributed by atoms with Crippen LogP contribution < -0.4 is 18.4 Å². The molecule has 8 nitrogen and oxygen atoms in total. The van der Waals surface area contributed by atoms with Crippen LogP contribution in [0.3, 0.4) is 0 Å². The van der Waals surface area contributed by atoms with Gasteiger partial charge in [0.05, 0.1) is 14.2 Å². The van der Waals surface area contributed by atoms with Gasteiger partial charge >= 0.3 is 10.1 Å². The van der Waals surface area contributed by atoms with Gasteiger partial charge in [0.2, 0.25) is 0 Å².